The van der Waals surface area contributed by atoms with Crippen LogP contribution in [0.2, 0.25) is 0 Å². The van der Waals surface area contributed by atoms with Crippen molar-refractivity contribution in [1.82, 2.24) is 10.2 Å². The van der Waals surface area contributed by atoms with Gasteiger partial charge in [-0.05, 0) is 37.1 Å². The Kier molecular flexibility index (Phi) is 3.67. The van der Waals surface area contributed by atoms with E-state index in [1.54, 1.807) is 0 Å². The number of halogens is 2. The van der Waals surface area contributed by atoms with E-state index in [-0.39, 0.29) is 18.1 Å². The van der Waals surface area contributed by atoms with Gasteiger partial charge in [0.25, 0.3) is 0 Å². The number of hydrogen-bond donors (Lipinski definition) is 2. The highest BCUT2D eigenvalue weighted by Crippen LogP contribution is 2.26. The summed E-state index contributed by atoms with van der Waals surface area (Å²) in [5, 5.41) is 5.77. The molecule has 2 saturated heterocycles. The van der Waals surface area contributed by atoms with Crippen LogP contribution >= 0.6 is 0 Å². The standard InChI is InChI=1S/C14H17F2N3O/c15-11-1-2-12(16)13(3-11)18-14(20)8-19-6-9-4-17-5-10(9)7-19/h1-3,9-10,17H,4-8H2,(H,18,20)/t9-,10+. The largest absolute Gasteiger partial charge is 0.322 e. The molecule has 1 amide bonds. The van der Waals surface area contributed by atoms with Gasteiger partial charge >= 0.3 is 0 Å². The molecule has 0 saturated carbocycles. The van der Waals surface area contributed by atoms with Crippen molar-refractivity contribution in [2.45, 2.75) is 0 Å². The van der Waals surface area contributed by atoms with Gasteiger partial charge in [-0.3, -0.25) is 9.69 Å². The summed E-state index contributed by atoms with van der Waals surface area (Å²) in [7, 11) is 0. The molecule has 1 aromatic rings. The third-order valence-corrected chi connectivity index (χ3v) is 4.03. The summed E-state index contributed by atoms with van der Waals surface area (Å²) in [6.45, 7) is 4.00. The summed E-state index contributed by atoms with van der Waals surface area (Å²) < 4.78 is 26.5. The van der Waals surface area contributed by atoms with Gasteiger partial charge in [-0.1, -0.05) is 0 Å². The number of amides is 1. The fourth-order valence-electron chi connectivity index (χ4n) is 3.07. The summed E-state index contributed by atoms with van der Waals surface area (Å²) in [4.78, 5) is 14.0. The maximum absolute atomic E-state index is 13.4. The van der Waals surface area contributed by atoms with Crippen molar-refractivity contribution in [1.29, 1.82) is 0 Å². The monoisotopic (exact) mass is 281 g/mol. The molecule has 6 heteroatoms. The summed E-state index contributed by atoms with van der Waals surface area (Å²) in [6, 6.07) is 3.03. The first-order chi connectivity index (χ1) is 9.61. The first-order valence-electron chi connectivity index (χ1n) is 6.80. The molecule has 3 rings (SSSR count). The molecule has 0 aromatic heterocycles. The Bertz CT molecular complexity index is 511. The van der Waals surface area contributed by atoms with Gasteiger partial charge in [0.2, 0.25) is 5.91 Å². The van der Waals surface area contributed by atoms with Crippen LogP contribution in [0, 0.1) is 23.5 Å². The molecule has 2 N–H and O–H groups in total. The normalized spacial score (nSPS) is 25.7. The van der Waals surface area contributed by atoms with Crippen LogP contribution in [0.1, 0.15) is 0 Å². The number of benzene rings is 1. The highest BCUT2D eigenvalue weighted by molar-refractivity contribution is 5.92. The highest BCUT2D eigenvalue weighted by Gasteiger charge is 2.36. The van der Waals surface area contributed by atoms with Gasteiger partial charge in [-0.2, -0.15) is 0 Å². The molecule has 2 aliphatic rings. The fourth-order valence-corrected chi connectivity index (χ4v) is 3.07. The Morgan fingerprint density at radius 1 is 1.30 bits per heavy atom. The molecular formula is C14H17F2N3O. The number of likely N-dealkylation sites (tertiary alicyclic amines) is 1. The van der Waals surface area contributed by atoms with Crippen molar-refractivity contribution < 1.29 is 13.6 Å². The number of anilines is 1. The molecule has 2 fully saturated rings. The van der Waals surface area contributed by atoms with E-state index in [2.05, 4.69) is 15.5 Å². The van der Waals surface area contributed by atoms with Crippen molar-refractivity contribution in [3.8, 4) is 0 Å². The third-order valence-electron chi connectivity index (χ3n) is 4.03. The van der Waals surface area contributed by atoms with Crippen LogP contribution < -0.4 is 10.6 Å². The first-order valence-corrected chi connectivity index (χ1v) is 6.80. The SMILES string of the molecule is O=C(CN1C[C@H]2CNC[C@H]2C1)Nc1cc(F)ccc1F. The van der Waals surface area contributed by atoms with Crippen LogP contribution in [-0.4, -0.2) is 43.5 Å². The Morgan fingerprint density at radius 3 is 2.70 bits per heavy atom. The molecule has 0 aliphatic carbocycles. The van der Waals surface area contributed by atoms with E-state index in [0.29, 0.717) is 11.8 Å². The van der Waals surface area contributed by atoms with Gasteiger partial charge in [0, 0.05) is 19.2 Å². The fraction of sp³-hybridized carbons (Fsp3) is 0.500. The summed E-state index contributed by atoms with van der Waals surface area (Å²) in [5.41, 5.74) is -0.101. The lowest BCUT2D eigenvalue weighted by Gasteiger charge is -2.16. The number of nitrogens with one attached hydrogen (secondary N) is 2. The van der Waals surface area contributed by atoms with Crippen molar-refractivity contribution in [3.63, 3.8) is 0 Å². The predicted molar refractivity (Wildman–Crippen MR) is 71.3 cm³/mol. The van der Waals surface area contributed by atoms with Gasteiger partial charge in [0.1, 0.15) is 11.6 Å². The number of carbonyl (C=O) groups is 1. The smallest absolute Gasteiger partial charge is 0.238 e. The summed E-state index contributed by atoms with van der Waals surface area (Å²) in [5.74, 6) is -0.282. The van der Waals surface area contributed by atoms with Crippen molar-refractivity contribution in [2.75, 3.05) is 38.0 Å². The molecule has 20 heavy (non-hydrogen) atoms. The minimum absolute atomic E-state index is 0.101. The minimum Gasteiger partial charge on any atom is -0.322 e. The topological polar surface area (TPSA) is 44.4 Å². The van der Waals surface area contributed by atoms with Gasteiger partial charge in [-0.15, -0.1) is 0 Å². The van der Waals surface area contributed by atoms with Crippen LogP contribution in [-0.2, 0) is 4.79 Å². The quantitative estimate of drug-likeness (QED) is 0.870. The molecule has 1 aromatic carbocycles. The number of nitrogens with zero attached hydrogens (tertiary/aromatic N) is 1. The molecular weight excluding hydrogens is 264 g/mol. The Morgan fingerprint density at radius 2 is 2.00 bits per heavy atom. The summed E-state index contributed by atoms with van der Waals surface area (Å²) >= 11 is 0. The number of rotatable bonds is 3. The second-order valence-corrected chi connectivity index (χ2v) is 5.54. The number of carbonyl (C=O) groups excluding carboxylic acids is 1. The summed E-state index contributed by atoms with van der Waals surface area (Å²) in [6.07, 6.45) is 0. The maximum Gasteiger partial charge on any atom is 0.238 e. The van der Waals surface area contributed by atoms with Crippen molar-refractivity contribution in [2.24, 2.45) is 11.8 Å². The zero-order valence-electron chi connectivity index (χ0n) is 11.0. The van der Waals surface area contributed by atoms with Crippen molar-refractivity contribution in [3.05, 3.63) is 29.8 Å². The minimum atomic E-state index is -0.623. The predicted octanol–water partition coefficient (Wildman–Crippen LogP) is 1.05. The van der Waals surface area contributed by atoms with E-state index in [1.165, 1.54) is 0 Å². The van der Waals surface area contributed by atoms with E-state index in [4.69, 9.17) is 0 Å². The zero-order valence-corrected chi connectivity index (χ0v) is 11.0. The molecule has 108 valence electrons. The Hall–Kier alpha value is -1.53. The van der Waals surface area contributed by atoms with Crippen LogP contribution in [0.15, 0.2) is 18.2 Å². The van der Waals surface area contributed by atoms with E-state index in [0.717, 1.165) is 44.4 Å². The highest BCUT2D eigenvalue weighted by atomic mass is 19.1. The van der Waals surface area contributed by atoms with Gasteiger partial charge < -0.3 is 10.6 Å². The molecule has 0 unspecified atom stereocenters. The second kappa shape index (κ2) is 5.46. The second-order valence-electron chi connectivity index (χ2n) is 5.54. The van der Waals surface area contributed by atoms with Gasteiger partial charge in [0.15, 0.2) is 0 Å². The molecule has 2 heterocycles. The lowest BCUT2D eigenvalue weighted by molar-refractivity contribution is -0.117. The molecule has 2 atom stereocenters. The Labute approximate surface area is 116 Å². The lowest BCUT2D eigenvalue weighted by Crippen LogP contribution is -2.33. The van der Waals surface area contributed by atoms with E-state index in [1.807, 2.05) is 0 Å². The molecule has 0 bridgehead atoms. The Balaban J connectivity index is 1.56. The van der Waals surface area contributed by atoms with Crippen LogP contribution in [0.4, 0.5) is 14.5 Å². The van der Waals surface area contributed by atoms with E-state index < -0.39 is 11.6 Å². The average molecular weight is 281 g/mol. The molecule has 2 aliphatic heterocycles. The molecule has 0 spiro atoms. The first kappa shape index (κ1) is 13.5. The van der Waals surface area contributed by atoms with Crippen LogP contribution in [0.25, 0.3) is 0 Å². The number of hydrogen-bond acceptors (Lipinski definition) is 3. The molecule has 0 radical (unpaired) electrons. The third kappa shape index (κ3) is 2.81. The average Bonchev–Trinajstić information content (AvgIpc) is 2.94. The molecule has 4 nitrogen and oxygen atoms in total. The van der Waals surface area contributed by atoms with Crippen LogP contribution in [0.5, 0.6) is 0 Å². The number of fused-ring (bicyclic) bond motifs is 1. The van der Waals surface area contributed by atoms with Gasteiger partial charge in [-0.25, -0.2) is 8.78 Å². The van der Waals surface area contributed by atoms with Gasteiger partial charge in [0.05, 0.1) is 12.2 Å². The zero-order chi connectivity index (χ0) is 14.1. The van der Waals surface area contributed by atoms with E-state index >= 15 is 0 Å². The maximum atomic E-state index is 13.4. The van der Waals surface area contributed by atoms with Crippen LogP contribution in [0.3, 0.4) is 0 Å². The lowest BCUT2D eigenvalue weighted by atomic mass is 10.0. The van der Waals surface area contributed by atoms with E-state index in [9.17, 15) is 13.6 Å². The van der Waals surface area contributed by atoms with Crippen molar-refractivity contribution >= 4 is 11.6 Å².